The van der Waals surface area contributed by atoms with Crippen LogP contribution in [0.4, 0.5) is 0 Å². The minimum Gasteiger partial charge on any atom is -0.290 e. The largest absolute Gasteiger partial charge is 0.290 e. The van der Waals surface area contributed by atoms with Crippen molar-refractivity contribution in [3.05, 3.63) is 23.5 Å². The number of hydrogen-bond acceptors (Lipinski definition) is 4. The van der Waals surface area contributed by atoms with E-state index in [9.17, 15) is 8.42 Å². The first-order chi connectivity index (χ1) is 9.04. The van der Waals surface area contributed by atoms with Crippen molar-refractivity contribution in [3.63, 3.8) is 0 Å². The number of pyridine rings is 1. The van der Waals surface area contributed by atoms with Crippen molar-refractivity contribution in [2.45, 2.75) is 4.90 Å². The summed E-state index contributed by atoms with van der Waals surface area (Å²) in [5.41, 5.74) is 0. The fourth-order valence-corrected chi connectivity index (χ4v) is 3.63. The van der Waals surface area contributed by atoms with Crippen LogP contribution in [0.15, 0.2) is 23.2 Å². The van der Waals surface area contributed by atoms with Crippen molar-refractivity contribution < 1.29 is 8.42 Å². The Morgan fingerprint density at radius 3 is 2.63 bits per heavy atom. The molecule has 102 valence electrons. The summed E-state index contributed by atoms with van der Waals surface area (Å²) < 4.78 is 26.2. The first-order valence-corrected chi connectivity index (χ1v) is 7.63. The Kier molecular flexibility index (Phi) is 4.42. The van der Waals surface area contributed by atoms with Gasteiger partial charge in [-0.05, 0) is 12.1 Å². The maximum absolute atomic E-state index is 12.4. The summed E-state index contributed by atoms with van der Waals surface area (Å²) in [5, 5.41) is 0.173. The van der Waals surface area contributed by atoms with Crippen molar-refractivity contribution in [1.29, 1.82) is 0 Å². The number of sulfonamides is 1. The Labute approximate surface area is 118 Å². The maximum Gasteiger partial charge on any atom is 0.243 e. The zero-order chi connectivity index (χ0) is 13.9. The smallest absolute Gasteiger partial charge is 0.243 e. The highest BCUT2D eigenvalue weighted by atomic mass is 35.5. The second kappa shape index (κ2) is 5.88. The summed E-state index contributed by atoms with van der Waals surface area (Å²) in [6.45, 7) is 2.70. The highest BCUT2D eigenvalue weighted by Gasteiger charge is 2.28. The fraction of sp³-hybridized carbons (Fsp3) is 0.417. The van der Waals surface area contributed by atoms with E-state index >= 15 is 0 Å². The topological polar surface area (TPSA) is 53.5 Å². The highest BCUT2D eigenvalue weighted by molar-refractivity contribution is 7.89. The van der Waals surface area contributed by atoms with Gasteiger partial charge < -0.3 is 0 Å². The Balaban J connectivity index is 2.12. The van der Waals surface area contributed by atoms with Crippen LogP contribution >= 0.6 is 11.6 Å². The van der Waals surface area contributed by atoms with Gasteiger partial charge in [-0.3, -0.25) is 4.90 Å². The molecule has 0 unspecified atom stereocenters. The Morgan fingerprint density at radius 2 is 2.05 bits per heavy atom. The van der Waals surface area contributed by atoms with E-state index in [0.29, 0.717) is 32.7 Å². The van der Waals surface area contributed by atoms with Crippen molar-refractivity contribution in [2.75, 3.05) is 32.7 Å². The van der Waals surface area contributed by atoms with Gasteiger partial charge in [0.25, 0.3) is 0 Å². The molecule has 0 N–H and O–H groups in total. The molecular weight excluding hydrogens is 286 g/mol. The van der Waals surface area contributed by atoms with Crippen molar-refractivity contribution in [3.8, 4) is 12.3 Å². The van der Waals surface area contributed by atoms with Gasteiger partial charge in [0.05, 0.1) is 11.4 Å². The molecule has 0 spiro atoms. The second-order valence-electron chi connectivity index (χ2n) is 4.20. The first-order valence-electron chi connectivity index (χ1n) is 5.81. The van der Waals surface area contributed by atoms with Crippen LogP contribution in [0.5, 0.6) is 0 Å². The molecule has 1 aromatic heterocycles. The second-order valence-corrected chi connectivity index (χ2v) is 6.52. The third-order valence-corrected chi connectivity index (χ3v) is 5.08. The van der Waals surface area contributed by atoms with Gasteiger partial charge in [0.15, 0.2) is 0 Å². The minimum absolute atomic E-state index is 0.173. The van der Waals surface area contributed by atoms with Crippen LogP contribution in [0.3, 0.4) is 0 Å². The molecule has 19 heavy (non-hydrogen) atoms. The lowest BCUT2D eigenvalue weighted by Gasteiger charge is -2.32. The summed E-state index contributed by atoms with van der Waals surface area (Å²) >= 11 is 5.73. The van der Waals surface area contributed by atoms with Gasteiger partial charge >= 0.3 is 0 Å². The normalized spacial score (nSPS) is 18.1. The molecule has 1 fully saturated rings. The van der Waals surface area contributed by atoms with Gasteiger partial charge in [-0.1, -0.05) is 17.5 Å². The summed E-state index contributed by atoms with van der Waals surface area (Å²) in [7, 11) is -3.49. The molecule has 0 radical (unpaired) electrons. The molecule has 0 atom stereocenters. The molecular formula is C12H14ClN3O2S. The van der Waals surface area contributed by atoms with Crippen LogP contribution in [-0.2, 0) is 10.0 Å². The maximum atomic E-state index is 12.4. The number of hydrogen-bond donors (Lipinski definition) is 0. The van der Waals surface area contributed by atoms with E-state index in [2.05, 4.69) is 10.9 Å². The Morgan fingerprint density at radius 1 is 1.37 bits per heavy atom. The van der Waals surface area contributed by atoms with Gasteiger partial charge in [-0.15, -0.1) is 6.42 Å². The van der Waals surface area contributed by atoms with Gasteiger partial charge in [0.2, 0.25) is 10.0 Å². The van der Waals surface area contributed by atoms with Gasteiger partial charge in [-0.25, -0.2) is 13.4 Å². The summed E-state index contributed by atoms with van der Waals surface area (Å²) in [6.07, 6.45) is 6.64. The van der Waals surface area contributed by atoms with E-state index < -0.39 is 10.0 Å². The standard InChI is InChI=1S/C12H14ClN3O2S/c1-2-5-15-6-8-16(9-7-15)19(17,18)11-3-4-14-12(13)10-11/h1,3-4,10H,5-9H2. The number of halogens is 1. The van der Waals surface area contributed by atoms with Crippen LogP contribution in [0.25, 0.3) is 0 Å². The number of aromatic nitrogens is 1. The molecule has 2 rings (SSSR count). The van der Waals surface area contributed by atoms with Crippen LogP contribution in [0.1, 0.15) is 0 Å². The zero-order valence-corrected chi connectivity index (χ0v) is 11.9. The van der Waals surface area contributed by atoms with E-state index in [1.165, 1.54) is 22.6 Å². The monoisotopic (exact) mass is 299 g/mol. The molecule has 1 saturated heterocycles. The summed E-state index contributed by atoms with van der Waals surface area (Å²) in [5.74, 6) is 2.56. The number of terminal acetylenes is 1. The molecule has 0 saturated carbocycles. The Hall–Kier alpha value is -1.13. The lowest BCUT2D eigenvalue weighted by molar-refractivity contribution is 0.207. The van der Waals surface area contributed by atoms with Gasteiger partial charge in [0.1, 0.15) is 5.15 Å². The molecule has 2 heterocycles. The van der Waals surface area contributed by atoms with Crippen molar-refractivity contribution in [1.82, 2.24) is 14.2 Å². The predicted octanol–water partition coefficient (Wildman–Crippen LogP) is 0.674. The van der Waals surface area contributed by atoms with E-state index in [1.54, 1.807) is 0 Å². The number of piperazine rings is 1. The highest BCUT2D eigenvalue weighted by Crippen LogP contribution is 2.19. The molecule has 0 aliphatic carbocycles. The molecule has 1 aromatic rings. The SMILES string of the molecule is C#CCN1CCN(S(=O)(=O)c2ccnc(Cl)c2)CC1. The first kappa shape index (κ1) is 14.3. The molecule has 1 aliphatic heterocycles. The van der Waals surface area contributed by atoms with Crippen LogP contribution in [0, 0.1) is 12.3 Å². The Bertz CT molecular complexity index is 589. The number of nitrogens with zero attached hydrogens (tertiary/aromatic N) is 3. The van der Waals surface area contributed by atoms with Crippen LogP contribution < -0.4 is 0 Å². The lowest BCUT2D eigenvalue weighted by atomic mass is 10.4. The van der Waals surface area contributed by atoms with Gasteiger partial charge in [0, 0.05) is 32.4 Å². The predicted molar refractivity (Wildman–Crippen MR) is 73.3 cm³/mol. The van der Waals surface area contributed by atoms with Crippen molar-refractivity contribution in [2.24, 2.45) is 0 Å². The lowest BCUT2D eigenvalue weighted by Crippen LogP contribution is -2.48. The van der Waals surface area contributed by atoms with Gasteiger partial charge in [-0.2, -0.15) is 4.31 Å². The summed E-state index contributed by atoms with van der Waals surface area (Å²) in [6, 6.07) is 2.82. The molecule has 5 nitrogen and oxygen atoms in total. The molecule has 0 aromatic carbocycles. The van der Waals surface area contributed by atoms with Crippen molar-refractivity contribution >= 4 is 21.6 Å². The third kappa shape index (κ3) is 3.25. The van der Waals surface area contributed by atoms with Crippen LogP contribution in [-0.4, -0.2) is 55.3 Å². The molecule has 7 heteroatoms. The zero-order valence-electron chi connectivity index (χ0n) is 10.3. The average Bonchev–Trinajstić information content (AvgIpc) is 2.40. The number of rotatable bonds is 3. The third-order valence-electron chi connectivity index (χ3n) is 2.98. The quantitative estimate of drug-likeness (QED) is 0.608. The molecule has 0 amide bonds. The van der Waals surface area contributed by atoms with E-state index in [4.69, 9.17) is 18.0 Å². The average molecular weight is 300 g/mol. The fourth-order valence-electron chi connectivity index (χ4n) is 1.95. The molecule has 0 bridgehead atoms. The molecule has 1 aliphatic rings. The van der Waals surface area contributed by atoms with Crippen LogP contribution in [0.2, 0.25) is 5.15 Å². The van der Waals surface area contributed by atoms with E-state index in [0.717, 1.165) is 0 Å². The summed E-state index contributed by atoms with van der Waals surface area (Å²) in [4.78, 5) is 6.01. The van der Waals surface area contributed by atoms with E-state index in [1.807, 2.05) is 4.90 Å². The minimum atomic E-state index is -3.49. The van der Waals surface area contributed by atoms with E-state index in [-0.39, 0.29) is 10.0 Å².